The van der Waals surface area contributed by atoms with Crippen LogP contribution in [0.3, 0.4) is 0 Å². The molecule has 0 aromatic heterocycles. The summed E-state index contributed by atoms with van der Waals surface area (Å²) in [6.07, 6.45) is 20.7. The maximum atomic E-state index is 6.21. The maximum Gasteiger partial charge on any atom is 0.0575 e. The average Bonchev–Trinajstić information content (AvgIpc) is 2.71. The summed E-state index contributed by atoms with van der Waals surface area (Å²) in [6.45, 7) is 5.50. The van der Waals surface area contributed by atoms with Crippen molar-refractivity contribution in [3.63, 3.8) is 0 Å². The van der Waals surface area contributed by atoms with Gasteiger partial charge in [0.15, 0.2) is 0 Å². The van der Waals surface area contributed by atoms with E-state index in [1.807, 2.05) is 0 Å². The zero-order valence-corrected chi connectivity index (χ0v) is 18.2. The predicted octanol–water partition coefficient (Wildman–Crippen LogP) is 8.21. The Hall–Kier alpha value is -0.820. The largest absolute Gasteiger partial charge is 0.378 e. The summed E-state index contributed by atoms with van der Waals surface area (Å²) in [6, 6.07) is 9.45. The number of rotatable bonds is 14. The van der Waals surface area contributed by atoms with Crippen molar-refractivity contribution in [2.24, 2.45) is 0 Å². The summed E-state index contributed by atoms with van der Waals surface area (Å²) in [5, 5.41) is 0. The third kappa shape index (κ3) is 9.28. The molecule has 1 heterocycles. The van der Waals surface area contributed by atoms with Crippen molar-refractivity contribution in [1.29, 1.82) is 0 Å². The molecule has 0 radical (unpaired) electrons. The van der Waals surface area contributed by atoms with Crippen LogP contribution in [0.15, 0.2) is 24.3 Å². The molecule has 0 amide bonds. The van der Waals surface area contributed by atoms with E-state index in [0.717, 1.165) is 6.61 Å². The Kier molecular flexibility index (Phi) is 11.8. The van der Waals surface area contributed by atoms with Crippen LogP contribution in [0.1, 0.15) is 121 Å². The molecule has 154 valence electrons. The first-order valence-corrected chi connectivity index (χ1v) is 12.0. The standard InChI is InChI=1S/C26H44O/c1-3-5-7-9-11-13-15-26-21-20-25(22-27-26)24-18-16-23(17-19-24)14-12-10-8-6-4-2/h16-19,25-26H,3-15,20-22H2,1-2H3. The minimum absolute atomic E-state index is 0.523. The van der Waals surface area contributed by atoms with Gasteiger partial charge in [0.05, 0.1) is 12.7 Å². The number of benzene rings is 1. The first-order valence-electron chi connectivity index (χ1n) is 12.0. The van der Waals surface area contributed by atoms with Crippen molar-refractivity contribution >= 4 is 0 Å². The SMILES string of the molecule is CCCCCCCCC1CCC(c2ccc(CCCCCCC)cc2)CO1. The first kappa shape index (κ1) is 22.5. The van der Waals surface area contributed by atoms with Crippen LogP contribution in [0.2, 0.25) is 0 Å². The molecular formula is C26H44O. The second-order valence-electron chi connectivity index (χ2n) is 8.69. The summed E-state index contributed by atoms with van der Waals surface area (Å²) >= 11 is 0. The fourth-order valence-corrected chi connectivity index (χ4v) is 4.34. The second-order valence-corrected chi connectivity index (χ2v) is 8.69. The number of unbranched alkanes of at least 4 members (excludes halogenated alkanes) is 9. The predicted molar refractivity (Wildman–Crippen MR) is 119 cm³/mol. The molecule has 1 aliphatic rings. The molecule has 0 bridgehead atoms. The van der Waals surface area contributed by atoms with Crippen molar-refractivity contribution in [2.45, 2.75) is 122 Å². The van der Waals surface area contributed by atoms with Crippen LogP contribution in [0.5, 0.6) is 0 Å². The Morgan fingerprint density at radius 3 is 2.00 bits per heavy atom. The molecule has 2 unspecified atom stereocenters. The van der Waals surface area contributed by atoms with Gasteiger partial charge in [-0.15, -0.1) is 0 Å². The van der Waals surface area contributed by atoms with Gasteiger partial charge >= 0.3 is 0 Å². The molecule has 1 heteroatoms. The highest BCUT2D eigenvalue weighted by atomic mass is 16.5. The summed E-state index contributed by atoms with van der Waals surface area (Å²) in [4.78, 5) is 0. The molecular weight excluding hydrogens is 328 g/mol. The van der Waals surface area contributed by atoms with Gasteiger partial charge in [-0.3, -0.25) is 0 Å². The van der Waals surface area contributed by atoms with Gasteiger partial charge in [-0.2, -0.15) is 0 Å². The van der Waals surface area contributed by atoms with Crippen molar-refractivity contribution in [2.75, 3.05) is 6.61 Å². The molecule has 1 aliphatic heterocycles. The van der Waals surface area contributed by atoms with Gasteiger partial charge in [-0.25, -0.2) is 0 Å². The molecule has 2 rings (SSSR count). The monoisotopic (exact) mass is 372 g/mol. The van der Waals surface area contributed by atoms with Crippen LogP contribution >= 0.6 is 0 Å². The Morgan fingerprint density at radius 2 is 1.37 bits per heavy atom. The van der Waals surface area contributed by atoms with E-state index in [1.54, 1.807) is 0 Å². The quantitative estimate of drug-likeness (QED) is 0.299. The number of aryl methyl sites for hydroxylation is 1. The minimum Gasteiger partial charge on any atom is -0.378 e. The van der Waals surface area contributed by atoms with Crippen LogP contribution < -0.4 is 0 Å². The van der Waals surface area contributed by atoms with Gasteiger partial charge in [0.2, 0.25) is 0 Å². The molecule has 2 atom stereocenters. The van der Waals surface area contributed by atoms with Crippen LogP contribution in [0.25, 0.3) is 0 Å². The zero-order valence-electron chi connectivity index (χ0n) is 18.2. The van der Waals surface area contributed by atoms with E-state index in [2.05, 4.69) is 38.1 Å². The van der Waals surface area contributed by atoms with E-state index >= 15 is 0 Å². The lowest BCUT2D eigenvalue weighted by Crippen LogP contribution is -2.24. The molecule has 0 spiro atoms. The van der Waals surface area contributed by atoms with E-state index in [4.69, 9.17) is 4.74 Å². The molecule has 0 N–H and O–H groups in total. The van der Waals surface area contributed by atoms with Gasteiger partial charge < -0.3 is 4.74 Å². The summed E-state index contributed by atoms with van der Waals surface area (Å²) in [7, 11) is 0. The van der Waals surface area contributed by atoms with Gasteiger partial charge in [0.25, 0.3) is 0 Å². The zero-order chi connectivity index (χ0) is 19.2. The van der Waals surface area contributed by atoms with Crippen molar-refractivity contribution in [3.8, 4) is 0 Å². The van der Waals surface area contributed by atoms with E-state index in [9.17, 15) is 0 Å². The van der Waals surface area contributed by atoms with E-state index in [1.165, 1.54) is 107 Å². The lowest BCUT2D eigenvalue weighted by atomic mass is 9.89. The first-order chi connectivity index (χ1) is 13.3. The van der Waals surface area contributed by atoms with Gasteiger partial charge in [-0.1, -0.05) is 102 Å². The molecule has 1 aromatic carbocycles. The number of hydrogen-bond donors (Lipinski definition) is 0. The highest BCUT2D eigenvalue weighted by Crippen LogP contribution is 2.30. The Balaban J connectivity index is 1.59. The molecule has 1 saturated heterocycles. The summed E-state index contributed by atoms with van der Waals surface area (Å²) in [5.41, 5.74) is 3.00. The van der Waals surface area contributed by atoms with Crippen LogP contribution in [0, 0.1) is 0 Å². The highest BCUT2D eigenvalue weighted by Gasteiger charge is 2.22. The third-order valence-corrected chi connectivity index (χ3v) is 6.27. The van der Waals surface area contributed by atoms with Crippen LogP contribution in [0.4, 0.5) is 0 Å². The topological polar surface area (TPSA) is 9.23 Å². The van der Waals surface area contributed by atoms with Gasteiger partial charge in [0, 0.05) is 5.92 Å². The minimum atomic E-state index is 0.523. The van der Waals surface area contributed by atoms with E-state index in [-0.39, 0.29) is 0 Å². The van der Waals surface area contributed by atoms with Crippen LogP contribution in [-0.4, -0.2) is 12.7 Å². The summed E-state index contributed by atoms with van der Waals surface area (Å²) in [5.74, 6) is 0.615. The van der Waals surface area contributed by atoms with Crippen LogP contribution in [-0.2, 0) is 11.2 Å². The maximum absolute atomic E-state index is 6.21. The smallest absolute Gasteiger partial charge is 0.0575 e. The Labute approximate surface area is 169 Å². The average molecular weight is 373 g/mol. The molecule has 27 heavy (non-hydrogen) atoms. The van der Waals surface area contributed by atoms with Crippen molar-refractivity contribution < 1.29 is 4.74 Å². The number of hydrogen-bond acceptors (Lipinski definition) is 1. The summed E-state index contributed by atoms with van der Waals surface area (Å²) < 4.78 is 6.21. The molecule has 1 aromatic rings. The molecule has 0 saturated carbocycles. The number of ether oxygens (including phenoxy) is 1. The molecule has 0 aliphatic carbocycles. The van der Waals surface area contributed by atoms with Crippen molar-refractivity contribution in [3.05, 3.63) is 35.4 Å². The highest BCUT2D eigenvalue weighted by molar-refractivity contribution is 5.26. The van der Waals surface area contributed by atoms with Crippen molar-refractivity contribution in [1.82, 2.24) is 0 Å². The molecule has 1 fully saturated rings. The van der Waals surface area contributed by atoms with E-state index < -0.39 is 0 Å². The second kappa shape index (κ2) is 14.2. The fourth-order valence-electron chi connectivity index (χ4n) is 4.34. The normalized spacial score (nSPS) is 20.1. The van der Waals surface area contributed by atoms with Gasteiger partial charge in [0.1, 0.15) is 0 Å². The van der Waals surface area contributed by atoms with Gasteiger partial charge in [-0.05, 0) is 43.2 Å². The van der Waals surface area contributed by atoms with E-state index in [0.29, 0.717) is 12.0 Å². The third-order valence-electron chi connectivity index (χ3n) is 6.27. The molecule has 1 nitrogen and oxygen atoms in total. The lowest BCUT2D eigenvalue weighted by molar-refractivity contribution is -0.00214. The lowest BCUT2D eigenvalue weighted by Gasteiger charge is -2.29. The Bertz CT molecular complexity index is 456. The fraction of sp³-hybridized carbons (Fsp3) is 0.769. The Morgan fingerprint density at radius 1 is 0.741 bits per heavy atom.